The molecule has 0 aliphatic heterocycles. The highest BCUT2D eigenvalue weighted by Gasteiger charge is 2.09. The monoisotopic (exact) mass is 368 g/mol. The Hall–Kier alpha value is -1.32. The van der Waals surface area contributed by atoms with Crippen molar-refractivity contribution in [1.29, 1.82) is 0 Å². The molecule has 1 aromatic heterocycles. The predicted molar refractivity (Wildman–Crippen MR) is 92.9 cm³/mol. The maximum atomic E-state index is 6.15. The van der Waals surface area contributed by atoms with Gasteiger partial charge in [0.15, 0.2) is 0 Å². The van der Waals surface area contributed by atoms with E-state index in [4.69, 9.17) is 46.4 Å². The van der Waals surface area contributed by atoms with E-state index in [1.165, 1.54) is 6.20 Å². The molecule has 1 heterocycles. The number of hydrogen-bond acceptors (Lipinski definition) is 2. The number of hydrogen-bond donors (Lipinski definition) is 0. The first-order chi connectivity index (χ1) is 10.5. The largest absolute Gasteiger partial charge is 0.225 e. The summed E-state index contributed by atoms with van der Waals surface area (Å²) in [6, 6.07) is 13.2. The number of aromatic nitrogens is 2. The van der Waals surface area contributed by atoms with Crippen LogP contribution in [0.15, 0.2) is 48.7 Å². The van der Waals surface area contributed by atoms with Crippen molar-refractivity contribution in [2.45, 2.75) is 0 Å². The second kappa shape index (κ2) is 6.43. The second-order valence-corrected chi connectivity index (χ2v) is 6.10. The molecule has 0 spiro atoms. The Balaban J connectivity index is 2.09. The summed E-state index contributed by atoms with van der Waals surface area (Å²) < 4.78 is 0. The third-order valence-corrected chi connectivity index (χ3v) is 4.30. The maximum Gasteiger partial charge on any atom is 0.222 e. The third-order valence-electron chi connectivity index (χ3n) is 3.10. The first-order valence-electron chi connectivity index (χ1n) is 6.28. The summed E-state index contributed by atoms with van der Waals surface area (Å²) in [5.74, 6) is 0. The van der Waals surface area contributed by atoms with Gasteiger partial charge in [0.2, 0.25) is 5.28 Å². The van der Waals surface area contributed by atoms with Crippen molar-refractivity contribution in [1.82, 2.24) is 9.97 Å². The Labute approximate surface area is 147 Å². The van der Waals surface area contributed by atoms with Gasteiger partial charge < -0.3 is 0 Å². The molecular weight excluding hydrogens is 362 g/mol. The van der Waals surface area contributed by atoms with Gasteiger partial charge in [-0.1, -0.05) is 59.1 Å². The van der Waals surface area contributed by atoms with E-state index >= 15 is 0 Å². The third kappa shape index (κ3) is 3.21. The fourth-order valence-corrected chi connectivity index (χ4v) is 2.70. The minimum Gasteiger partial charge on any atom is -0.225 e. The van der Waals surface area contributed by atoms with Crippen molar-refractivity contribution in [2.24, 2.45) is 0 Å². The molecule has 6 heteroatoms. The van der Waals surface area contributed by atoms with Crippen LogP contribution in [-0.2, 0) is 0 Å². The first-order valence-corrected chi connectivity index (χ1v) is 7.79. The van der Waals surface area contributed by atoms with Crippen molar-refractivity contribution in [2.75, 3.05) is 0 Å². The van der Waals surface area contributed by atoms with Crippen molar-refractivity contribution >= 4 is 46.4 Å². The number of rotatable bonds is 2. The highest BCUT2D eigenvalue weighted by Crippen LogP contribution is 2.32. The van der Waals surface area contributed by atoms with Crippen LogP contribution in [0.25, 0.3) is 22.4 Å². The molecule has 0 radical (unpaired) electrons. The lowest BCUT2D eigenvalue weighted by Gasteiger charge is -2.08. The van der Waals surface area contributed by atoms with Crippen LogP contribution >= 0.6 is 46.4 Å². The van der Waals surface area contributed by atoms with E-state index in [0.717, 1.165) is 16.7 Å². The summed E-state index contributed by atoms with van der Waals surface area (Å²) in [7, 11) is 0. The second-order valence-electron chi connectivity index (χ2n) is 4.55. The Morgan fingerprint density at radius 3 is 2.18 bits per heavy atom. The van der Waals surface area contributed by atoms with E-state index in [2.05, 4.69) is 9.97 Å². The Bertz CT molecular complexity index is 849. The van der Waals surface area contributed by atoms with Crippen LogP contribution in [0.4, 0.5) is 0 Å². The Morgan fingerprint density at radius 1 is 0.682 bits per heavy atom. The van der Waals surface area contributed by atoms with Crippen LogP contribution < -0.4 is 0 Å². The molecule has 0 bridgehead atoms. The quantitative estimate of drug-likeness (QED) is 0.486. The molecule has 0 N–H and O–H groups in total. The highest BCUT2D eigenvalue weighted by atomic mass is 35.5. The minimum atomic E-state index is 0.152. The highest BCUT2D eigenvalue weighted by molar-refractivity contribution is 6.42. The molecule has 3 rings (SSSR count). The fourth-order valence-electron chi connectivity index (χ4n) is 2.07. The first kappa shape index (κ1) is 15.6. The normalized spacial score (nSPS) is 10.7. The summed E-state index contributed by atoms with van der Waals surface area (Å²) >= 11 is 24.0. The summed E-state index contributed by atoms with van der Waals surface area (Å²) in [6.45, 7) is 0. The molecule has 0 saturated carbocycles. The van der Waals surface area contributed by atoms with Gasteiger partial charge in [-0.15, -0.1) is 0 Å². The lowest BCUT2D eigenvalue weighted by Crippen LogP contribution is -1.89. The van der Waals surface area contributed by atoms with Crippen molar-refractivity contribution in [3.8, 4) is 22.4 Å². The van der Waals surface area contributed by atoms with E-state index in [9.17, 15) is 0 Å². The lowest BCUT2D eigenvalue weighted by molar-refractivity contribution is 1.17. The standard InChI is InChI=1S/C16H8Cl4N2/c17-12-5-4-10(7-13(12)18)9-2-1-3-11(6-9)15-14(19)8-21-16(20)22-15/h1-8H. The van der Waals surface area contributed by atoms with E-state index in [-0.39, 0.29) is 5.28 Å². The van der Waals surface area contributed by atoms with Crippen molar-refractivity contribution in [3.05, 3.63) is 69.0 Å². The topological polar surface area (TPSA) is 25.8 Å². The van der Waals surface area contributed by atoms with E-state index in [1.54, 1.807) is 6.07 Å². The molecule has 22 heavy (non-hydrogen) atoms. The lowest BCUT2D eigenvalue weighted by atomic mass is 10.0. The zero-order valence-corrected chi connectivity index (χ0v) is 14.0. The average Bonchev–Trinajstić information content (AvgIpc) is 2.52. The predicted octanol–water partition coefficient (Wildman–Crippen LogP) is 6.42. The van der Waals surface area contributed by atoms with Gasteiger partial charge in [0.25, 0.3) is 0 Å². The van der Waals surface area contributed by atoms with Crippen molar-refractivity contribution < 1.29 is 0 Å². The van der Waals surface area contributed by atoms with Gasteiger partial charge in [-0.25, -0.2) is 9.97 Å². The van der Waals surface area contributed by atoms with Gasteiger partial charge >= 0.3 is 0 Å². The summed E-state index contributed by atoms with van der Waals surface area (Å²) in [5, 5.41) is 1.62. The van der Waals surface area contributed by atoms with E-state index < -0.39 is 0 Å². The average molecular weight is 370 g/mol. The Kier molecular flexibility index (Phi) is 4.55. The summed E-state index contributed by atoms with van der Waals surface area (Å²) in [4.78, 5) is 8.04. The molecule has 0 unspecified atom stereocenters. The molecular formula is C16H8Cl4N2. The number of halogens is 4. The SMILES string of the molecule is Clc1ncc(Cl)c(-c2cccc(-c3ccc(Cl)c(Cl)c3)c2)n1. The molecule has 2 aromatic carbocycles. The molecule has 2 nitrogen and oxygen atoms in total. The van der Waals surface area contributed by atoms with Crippen LogP contribution in [0.3, 0.4) is 0 Å². The van der Waals surface area contributed by atoms with E-state index in [1.807, 2.05) is 36.4 Å². The van der Waals surface area contributed by atoms with Crippen LogP contribution in [0.2, 0.25) is 20.4 Å². The molecule has 0 aliphatic carbocycles. The minimum absolute atomic E-state index is 0.152. The molecule has 0 atom stereocenters. The Morgan fingerprint density at radius 2 is 1.41 bits per heavy atom. The van der Waals surface area contributed by atoms with Crippen LogP contribution in [0.5, 0.6) is 0 Å². The van der Waals surface area contributed by atoms with Crippen molar-refractivity contribution in [3.63, 3.8) is 0 Å². The molecule has 3 aromatic rings. The molecule has 0 fully saturated rings. The molecule has 0 amide bonds. The van der Waals surface area contributed by atoms with Crippen LogP contribution in [-0.4, -0.2) is 9.97 Å². The number of nitrogens with zero attached hydrogens (tertiary/aromatic N) is 2. The zero-order chi connectivity index (χ0) is 15.7. The summed E-state index contributed by atoms with van der Waals surface area (Å²) in [6.07, 6.45) is 1.48. The number of benzene rings is 2. The van der Waals surface area contributed by atoms with Gasteiger partial charge in [0.05, 0.1) is 27.0 Å². The van der Waals surface area contributed by atoms with Gasteiger partial charge in [-0.3, -0.25) is 0 Å². The van der Waals surface area contributed by atoms with Gasteiger partial charge in [-0.2, -0.15) is 0 Å². The van der Waals surface area contributed by atoms with Crippen LogP contribution in [0.1, 0.15) is 0 Å². The molecule has 0 saturated heterocycles. The fraction of sp³-hybridized carbons (Fsp3) is 0. The van der Waals surface area contributed by atoms with Gasteiger partial charge in [-0.05, 0) is 40.9 Å². The van der Waals surface area contributed by atoms with Gasteiger partial charge in [0.1, 0.15) is 0 Å². The smallest absolute Gasteiger partial charge is 0.222 e. The van der Waals surface area contributed by atoms with E-state index in [0.29, 0.717) is 20.8 Å². The maximum absolute atomic E-state index is 6.15. The summed E-state index contributed by atoms with van der Waals surface area (Å²) in [5.41, 5.74) is 3.36. The van der Waals surface area contributed by atoms with Gasteiger partial charge in [0, 0.05) is 5.56 Å². The molecule has 110 valence electrons. The zero-order valence-electron chi connectivity index (χ0n) is 11.0. The van der Waals surface area contributed by atoms with Crippen LogP contribution in [0, 0.1) is 0 Å². The molecule has 0 aliphatic rings.